The first-order valence-corrected chi connectivity index (χ1v) is 10.9. The number of fused-ring (bicyclic) bond motifs is 1. The maximum atomic E-state index is 11.7. The molecule has 1 aliphatic rings. The summed E-state index contributed by atoms with van der Waals surface area (Å²) in [5, 5.41) is 10.3. The minimum absolute atomic E-state index is 0.148. The van der Waals surface area contributed by atoms with Crippen LogP contribution < -0.4 is 0 Å². The number of nitrogens with one attached hydrogen (secondary N) is 1. The maximum Gasteiger partial charge on any atom is 0.150 e. The van der Waals surface area contributed by atoms with Crippen LogP contribution in [-0.4, -0.2) is 36.6 Å². The van der Waals surface area contributed by atoms with Gasteiger partial charge in [0, 0.05) is 23.7 Å². The predicted molar refractivity (Wildman–Crippen MR) is 105 cm³/mol. The number of hydrogen-bond donors (Lipinski definition) is 2. The summed E-state index contributed by atoms with van der Waals surface area (Å²) in [5.41, 5.74) is 5.71. The summed E-state index contributed by atoms with van der Waals surface area (Å²) >= 11 is 0. The third-order valence-corrected chi connectivity index (χ3v) is 7.08. The highest BCUT2D eigenvalue weighted by molar-refractivity contribution is 7.91. The van der Waals surface area contributed by atoms with E-state index >= 15 is 0 Å². The minimum Gasteiger partial charge on any atom is -0.396 e. The fourth-order valence-electron chi connectivity index (χ4n) is 3.90. The first-order chi connectivity index (χ1) is 12.6. The predicted octanol–water partition coefficient (Wildman–Crippen LogP) is 3.66. The second-order valence-electron chi connectivity index (χ2n) is 7.10. The fraction of sp³-hybridized carbons (Fsp3) is 0.333. The molecule has 2 aromatic carbocycles. The highest BCUT2D eigenvalue weighted by Gasteiger charge is 2.26. The topological polar surface area (TPSA) is 70.2 Å². The number of aromatic nitrogens is 1. The molecule has 2 N–H and O–H groups in total. The Hall–Kier alpha value is -2.11. The highest BCUT2D eigenvalue weighted by atomic mass is 32.2. The molecule has 0 bridgehead atoms. The molecule has 1 saturated heterocycles. The number of rotatable bonds is 4. The molecule has 1 aromatic heterocycles. The molecule has 1 aliphatic heterocycles. The van der Waals surface area contributed by atoms with Crippen LogP contribution in [0.1, 0.15) is 29.9 Å². The largest absolute Gasteiger partial charge is 0.396 e. The molecule has 3 aromatic rings. The minimum atomic E-state index is -2.85. The summed E-state index contributed by atoms with van der Waals surface area (Å²) < 4.78 is 23.5. The van der Waals surface area contributed by atoms with Crippen molar-refractivity contribution in [2.24, 2.45) is 0 Å². The van der Waals surface area contributed by atoms with Crippen molar-refractivity contribution in [2.45, 2.75) is 25.2 Å². The third-order valence-electron chi connectivity index (χ3n) is 5.37. The Bertz CT molecular complexity index is 1020. The lowest BCUT2D eigenvalue weighted by Gasteiger charge is -2.21. The van der Waals surface area contributed by atoms with E-state index in [2.05, 4.69) is 35.3 Å². The van der Waals surface area contributed by atoms with E-state index in [0.717, 1.165) is 22.2 Å². The SMILES string of the molecule is O=S1(=O)CCC(c2c[nH]c3ccc(-c4cccc(CCO)c4)cc23)CC1. The standard InChI is InChI=1S/C21H23NO3S/c23-9-6-15-2-1-3-17(12-15)18-4-5-21-19(13-18)20(14-22-21)16-7-10-26(24,25)11-8-16/h1-5,12-14,16,22-23H,6-11H2. The fourth-order valence-corrected chi connectivity index (χ4v) is 5.39. The van der Waals surface area contributed by atoms with E-state index in [1.807, 2.05) is 18.3 Å². The Morgan fingerprint density at radius 2 is 1.81 bits per heavy atom. The molecule has 26 heavy (non-hydrogen) atoms. The zero-order valence-electron chi connectivity index (χ0n) is 14.6. The van der Waals surface area contributed by atoms with Gasteiger partial charge in [0.1, 0.15) is 9.84 Å². The van der Waals surface area contributed by atoms with Gasteiger partial charge in [0.05, 0.1) is 11.5 Å². The van der Waals surface area contributed by atoms with Crippen molar-refractivity contribution in [3.8, 4) is 11.1 Å². The molecule has 0 amide bonds. The van der Waals surface area contributed by atoms with Crippen molar-refractivity contribution in [3.05, 3.63) is 59.8 Å². The molecule has 0 saturated carbocycles. The Balaban J connectivity index is 1.70. The summed E-state index contributed by atoms with van der Waals surface area (Å²) in [6.45, 7) is 0.148. The van der Waals surface area contributed by atoms with Crippen LogP contribution in [0.3, 0.4) is 0 Å². The lowest BCUT2D eigenvalue weighted by atomic mass is 9.92. The van der Waals surface area contributed by atoms with E-state index in [1.165, 1.54) is 10.9 Å². The molecule has 5 heteroatoms. The van der Waals surface area contributed by atoms with Gasteiger partial charge in [-0.2, -0.15) is 0 Å². The summed E-state index contributed by atoms with van der Waals surface area (Å²) in [7, 11) is -2.85. The van der Waals surface area contributed by atoms with Gasteiger partial charge in [0.15, 0.2) is 0 Å². The first-order valence-electron chi connectivity index (χ1n) is 9.07. The summed E-state index contributed by atoms with van der Waals surface area (Å²) in [5.74, 6) is 0.865. The van der Waals surface area contributed by atoms with Crippen LogP contribution in [0.25, 0.3) is 22.0 Å². The van der Waals surface area contributed by atoms with Crippen LogP contribution >= 0.6 is 0 Å². The van der Waals surface area contributed by atoms with Gasteiger partial charge >= 0.3 is 0 Å². The number of aliphatic hydroxyl groups is 1. The lowest BCUT2D eigenvalue weighted by Crippen LogP contribution is -2.21. The molecule has 4 rings (SSSR count). The molecule has 0 radical (unpaired) electrons. The van der Waals surface area contributed by atoms with Gasteiger partial charge in [-0.15, -0.1) is 0 Å². The van der Waals surface area contributed by atoms with Gasteiger partial charge in [-0.3, -0.25) is 0 Å². The molecular weight excluding hydrogens is 346 g/mol. The average Bonchev–Trinajstić information content (AvgIpc) is 3.05. The normalized spacial score (nSPS) is 17.6. The Morgan fingerprint density at radius 1 is 1.04 bits per heavy atom. The summed E-state index contributed by atoms with van der Waals surface area (Å²) in [4.78, 5) is 3.33. The van der Waals surface area contributed by atoms with E-state index in [-0.39, 0.29) is 18.1 Å². The molecule has 0 spiro atoms. The Morgan fingerprint density at radius 3 is 2.58 bits per heavy atom. The Kier molecular flexibility index (Phi) is 4.59. The number of sulfone groups is 1. The second-order valence-corrected chi connectivity index (χ2v) is 9.41. The zero-order valence-corrected chi connectivity index (χ0v) is 15.4. The van der Waals surface area contributed by atoms with Gasteiger partial charge in [0.25, 0.3) is 0 Å². The quantitative estimate of drug-likeness (QED) is 0.737. The van der Waals surface area contributed by atoms with E-state index in [4.69, 9.17) is 5.11 Å². The molecule has 4 nitrogen and oxygen atoms in total. The number of hydrogen-bond acceptors (Lipinski definition) is 3. The van der Waals surface area contributed by atoms with Crippen LogP contribution in [0.4, 0.5) is 0 Å². The monoisotopic (exact) mass is 369 g/mol. The van der Waals surface area contributed by atoms with Crippen LogP contribution in [-0.2, 0) is 16.3 Å². The van der Waals surface area contributed by atoms with Gasteiger partial charge < -0.3 is 10.1 Å². The van der Waals surface area contributed by atoms with Crippen molar-refractivity contribution in [2.75, 3.05) is 18.1 Å². The van der Waals surface area contributed by atoms with Gasteiger partial charge in [0.2, 0.25) is 0 Å². The maximum absolute atomic E-state index is 11.7. The molecule has 1 fully saturated rings. The van der Waals surface area contributed by atoms with Crippen LogP contribution in [0.2, 0.25) is 0 Å². The van der Waals surface area contributed by atoms with Gasteiger partial charge in [-0.05, 0) is 59.6 Å². The van der Waals surface area contributed by atoms with E-state index in [0.29, 0.717) is 25.2 Å². The lowest BCUT2D eigenvalue weighted by molar-refractivity contribution is 0.299. The highest BCUT2D eigenvalue weighted by Crippen LogP contribution is 2.35. The molecule has 0 unspecified atom stereocenters. The molecule has 136 valence electrons. The molecule has 2 heterocycles. The number of aromatic amines is 1. The summed E-state index contributed by atoms with van der Waals surface area (Å²) in [6.07, 6.45) is 4.10. The van der Waals surface area contributed by atoms with E-state index in [1.54, 1.807) is 0 Å². The smallest absolute Gasteiger partial charge is 0.150 e. The van der Waals surface area contributed by atoms with Crippen LogP contribution in [0.15, 0.2) is 48.7 Å². The second kappa shape index (κ2) is 6.89. The molecule has 0 aliphatic carbocycles. The van der Waals surface area contributed by atoms with Gasteiger partial charge in [-0.25, -0.2) is 8.42 Å². The molecular formula is C21H23NO3S. The zero-order chi connectivity index (χ0) is 18.1. The van der Waals surface area contributed by atoms with E-state index < -0.39 is 9.84 Å². The van der Waals surface area contributed by atoms with E-state index in [9.17, 15) is 8.42 Å². The van der Waals surface area contributed by atoms with Crippen molar-refractivity contribution in [3.63, 3.8) is 0 Å². The van der Waals surface area contributed by atoms with Crippen LogP contribution in [0, 0.1) is 0 Å². The first kappa shape index (κ1) is 17.3. The van der Waals surface area contributed by atoms with Crippen molar-refractivity contribution in [1.29, 1.82) is 0 Å². The number of H-pyrrole nitrogens is 1. The number of benzene rings is 2. The molecule has 0 atom stereocenters. The third kappa shape index (κ3) is 3.41. The Labute approximate surface area is 153 Å². The number of aliphatic hydroxyl groups excluding tert-OH is 1. The average molecular weight is 369 g/mol. The van der Waals surface area contributed by atoms with Gasteiger partial charge in [-0.1, -0.05) is 30.3 Å². The van der Waals surface area contributed by atoms with Crippen LogP contribution in [0.5, 0.6) is 0 Å². The van der Waals surface area contributed by atoms with Crippen molar-refractivity contribution in [1.82, 2.24) is 4.98 Å². The summed E-state index contributed by atoms with van der Waals surface area (Å²) in [6, 6.07) is 14.6. The van der Waals surface area contributed by atoms with Crippen molar-refractivity contribution >= 4 is 20.7 Å². The van der Waals surface area contributed by atoms with Crippen molar-refractivity contribution < 1.29 is 13.5 Å².